The normalized spacial score (nSPS) is 0. The monoisotopic (exact) mass is 184 g/mol. The van der Waals surface area contributed by atoms with E-state index in [9.17, 15) is 0 Å². The molecule has 0 atom stereocenters. The summed E-state index contributed by atoms with van der Waals surface area (Å²) in [6, 6.07) is 0. The van der Waals surface area contributed by atoms with Crippen LogP contribution in [0.3, 0.4) is 0 Å². The number of hydrogen-bond donors (Lipinski definition) is 0. The van der Waals surface area contributed by atoms with Gasteiger partial charge in [-0.15, -0.1) is 24.8 Å². The molecule has 0 aliphatic carbocycles. The quantitative estimate of drug-likeness (QED) is 0.490. The van der Waals surface area contributed by atoms with Crippen molar-refractivity contribution in [3.05, 3.63) is 0 Å². The van der Waals surface area contributed by atoms with Crippen molar-refractivity contribution < 1.29 is 34.1 Å². The van der Waals surface area contributed by atoms with E-state index < -0.39 is 0 Å². The van der Waals surface area contributed by atoms with E-state index >= 15 is 0 Å². The maximum Gasteiger partial charge on any atom is 0 e. The third-order valence-electron chi connectivity index (χ3n) is 0. The minimum atomic E-state index is 0. The summed E-state index contributed by atoms with van der Waals surface area (Å²) in [6.07, 6.45) is 0. The molecule has 0 aromatic heterocycles. The number of rotatable bonds is 0. The van der Waals surface area contributed by atoms with Gasteiger partial charge in [-0.2, -0.15) is 0 Å². The van der Waals surface area contributed by atoms with Crippen molar-refractivity contribution in [3.8, 4) is 0 Å². The molecule has 0 aliphatic rings. The average Bonchev–Trinajstić information content (AvgIpc) is 0. The molecule has 32 valence electrons. The molecular weight excluding hydrogens is 183 g/mol. The first-order valence-electron chi connectivity index (χ1n) is 0. The number of hydrogen-bond acceptors (Lipinski definition) is 0. The Balaban J connectivity index is 0. The standard InChI is InChI=1S/2ClH.2Fe/h2*1H;;. The molecule has 0 rings (SSSR count). The largest absolute Gasteiger partial charge is 0.147 e. The Kier molecular flexibility index (Phi) is 264. The molecule has 4 heavy (non-hydrogen) atoms. The third-order valence-corrected chi connectivity index (χ3v) is 0. The summed E-state index contributed by atoms with van der Waals surface area (Å²) in [7, 11) is 0. The van der Waals surface area contributed by atoms with Gasteiger partial charge in [0.15, 0.2) is 0 Å². The SMILES string of the molecule is Cl.Cl.[Fe].[Fe]. The van der Waals surface area contributed by atoms with Gasteiger partial charge in [0.05, 0.1) is 0 Å². The second kappa shape index (κ2) is 23.1. The van der Waals surface area contributed by atoms with Crippen molar-refractivity contribution in [1.82, 2.24) is 0 Å². The Morgan fingerprint density at radius 3 is 0.500 bits per heavy atom. The van der Waals surface area contributed by atoms with Gasteiger partial charge in [-0.3, -0.25) is 0 Å². The predicted octanol–water partition coefficient (Wildman–Crippen LogP) is 0.839. The number of halogens is 2. The van der Waals surface area contributed by atoms with Crippen molar-refractivity contribution in [2.24, 2.45) is 0 Å². The molecule has 0 nitrogen and oxygen atoms in total. The Hall–Kier alpha value is 1.62. The molecule has 0 N–H and O–H groups in total. The van der Waals surface area contributed by atoms with Crippen molar-refractivity contribution >= 4 is 24.8 Å². The van der Waals surface area contributed by atoms with Crippen molar-refractivity contribution in [3.63, 3.8) is 0 Å². The Labute approximate surface area is 58.9 Å². The molecule has 0 bridgehead atoms. The fourth-order valence-corrected chi connectivity index (χ4v) is 0. The summed E-state index contributed by atoms with van der Waals surface area (Å²) < 4.78 is 0. The predicted molar refractivity (Wildman–Crippen MR) is 14.5 cm³/mol. The van der Waals surface area contributed by atoms with E-state index in [-0.39, 0.29) is 59.0 Å². The van der Waals surface area contributed by atoms with Crippen LogP contribution >= 0.6 is 24.8 Å². The fourth-order valence-electron chi connectivity index (χ4n) is 0. The molecule has 0 aromatic rings. The molecular formula is H2Cl2Fe2. The van der Waals surface area contributed by atoms with Crippen LogP contribution < -0.4 is 0 Å². The van der Waals surface area contributed by atoms with E-state index in [2.05, 4.69) is 0 Å². The van der Waals surface area contributed by atoms with Crippen molar-refractivity contribution in [1.29, 1.82) is 0 Å². The van der Waals surface area contributed by atoms with Crippen LogP contribution in [0.2, 0.25) is 0 Å². The molecule has 0 amide bonds. The molecule has 0 saturated carbocycles. The van der Waals surface area contributed by atoms with Gasteiger partial charge in [0.2, 0.25) is 0 Å². The van der Waals surface area contributed by atoms with Crippen LogP contribution in [-0.2, 0) is 34.1 Å². The van der Waals surface area contributed by atoms with E-state index in [1.54, 1.807) is 0 Å². The molecule has 4 heteroatoms. The van der Waals surface area contributed by atoms with E-state index in [0.717, 1.165) is 0 Å². The van der Waals surface area contributed by atoms with Gasteiger partial charge in [-0.25, -0.2) is 0 Å². The molecule has 0 aromatic carbocycles. The minimum Gasteiger partial charge on any atom is -0.147 e. The average molecular weight is 185 g/mol. The molecule has 0 fully saturated rings. The van der Waals surface area contributed by atoms with Gasteiger partial charge < -0.3 is 0 Å². The van der Waals surface area contributed by atoms with Crippen LogP contribution in [0.5, 0.6) is 0 Å². The van der Waals surface area contributed by atoms with E-state index in [0.29, 0.717) is 0 Å². The van der Waals surface area contributed by atoms with Crippen molar-refractivity contribution in [2.45, 2.75) is 0 Å². The van der Waals surface area contributed by atoms with Gasteiger partial charge in [-0.05, 0) is 0 Å². The fraction of sp³-hybridized carbons (Fsp3) is 0. The molecule has 0 heterocycles. The minimum absolute atomic E-state index is 0. The van der Waals surface area contributed by atoms with Gasteiger partial charge in [0.25, 0.3) is 0 Å². The zero-order chi connectivity index (χ0) is 0. The second-order valence-electron chi connectivity index (χ2n) is 0. The summed E-state index contributed by atoms with van der Waals surface area (Å²) in [5.41, 5.74) is 0. The summed E-state index contributed by atoms with van der Waals surface area (Å²) in [4.78, 5) is 0. The summed E-state index contributed by atoms with van der Waals surface area (Å²) >= 11 is 0. The Bertz CT molecular complexity index is 4.00. The second-order valence-corrected chi connectivity index (χ2v) is 0. The Morgan fingerprint density at radius 1 is 0.500 bits per heavy atom. The zero-order valence-electron chi connectivity index (χ0n) is 1.52. The van der Waals surface area contributed by atoms with Gasteiger partial charge in [0, 0.05) is 34.1 Å². The topological polar surface area (TPSA) is 0 Å². The first-order valence-corrected chi connectivity index (χ1v) is 0. The van der Waals surface area contributed by atoms with Crippen LogP contribution in [0, 0.1) is 0 Å². The molecule has 0 aliphatic heterocycles. The third kappa shape index (κ3) is 9.47. The maximum absolute atomic E-state index is 0. The molecule has 0 spiro atoms. The first kappa shape index (κ1) is 45.7. The van der Waals surface area contributed by atoms with Crippen LogP contribution in [0.15, 0.2) is 0 Å². The van der Waals surface area contributed by atoms with Crippen LogP contribution in [0.4, 0.5) is 0 Å². The van der Waals surface area contributed by atoms with E-state index in [1.165, 1.54) is 0 Å². The van der Waals surface area contributed by atoms with Gasteiger partial charge in [0.1, 0.15) is 0 Å². The van der Waals surface area contributed by atoms with Gasteiger partial charge >= 0.3 is 0 Å². The van der Waals surface area contributed by atoms with Crippen LogP contribution in [0.1, 0.15) is 0 Å². The maximum atomic E-state index is 0. The van der Waals surface area contributed by atoms with E-state index in [4.69, 9.17) is 0 Å². The summed E-state index contributed by atoms with van der Waals surface area (Å²) in [5.74, 6) is 0. The smallest absolute Gasteiger partial charge is 0 e. The van der Waals surface area contributed by atoms with Crippen molar-refractivity contribution in [2.75, 3.05) is 0 Å². The molecule has 0 unspecified atom stereocenters. The van der Waals surface area contributed by atoms with Gasteiger partial charge in [-0.1, -0.05) is 0 Å². The Morgan fingerprint density at radius 2 is 0.500 bits per heavy atom. The molecule has 0 radical (unpaired) electrons. The van der Waals surface area contributed by atoms with Crippen LogP contribution in [-0.4, -0.2) is 0 Å². The van der Waals surface area contributed by atoms with E-state index in [1.807, 2.05) is 0 Å². The van der Waals surface area contributed by atoms with Crippen LogP contribution in [0.25, 0.3) is 0 Å². The summed E-state index contributed by atoms with van der Waals surface area (Å²) in [5, 5.41) is 0. The summed E-state index contributed by atoms with van der Waals surface area (Å²) in [6.45, 7) is 0. The first-order chi connectivity index (χ1) is 0. The zero-order valence-corrected chi connectivity index (χ0v) is 5.36. The molecule has 0 saturated heterocycles.